The lowest BCUT2D eigenvalue weighted by Gasteiger charge is -2.30. The summed E-state index contributed by atoms with van der Waals surface area (Å²) in [5, 5.41) is 1.14. The third-order valence-electron chi connectivity index (χ3n) is 3.69. The monoisotopic (exact) mass is 272 g/mol. The molecule has 0 amide bonds. The predicted octanol–water partition coefficient (Wildman–Crippen LogP) is 4.04. The molecule has 1 aromatic carbocycles. The van der Waals surface area contributed by atoms with Gasteiger partial charge in [-0.25, -0.2) is 4.98 Å². The molecular weight excluding hydrogens is 252 g/mol. The molecule has 1 unspecified atom stereocenters. The Balaban J connectivity index is 1.68. The van der Waals surface area contributed by atoms with Crippen molar-refractivity contribution in [1.82, 2.24) is 9.88 Å². The molecule has 0 aliphatic carbocycles. The van der Waals surface area contributed by atoms with Crippen LogP contribution in [0.3, 0.4) is 0 Å². The van der Waals surface area contributed by atoms with Gasteiger partial charge < -0.3 is 0 Å². The summed E-state index contributed by atoms with van der Waals surface area (Å²) in [6, 6.07) is 10.5. The van der Waals surface area contributed by atoms with Gasteiger partial charge in [0.1, 0.15) is 5.01 Å². The number of likely N-dealkylation sites (tertiary alicyclic amines) is 1. The maximum atomic E-state index is 4.56. The number of piperidine rings is 1. The number of aromatic nitrogens is 1. The van der Waals surface area contributed by atoms with Crippen molar-refractivity contribution in [1.29, 1.82) is 0 Å². The van der Waals surface area contributed by atoms with Gasteiger partial charge in [0.25, 0.3) is 0 Å². The zero-order valence-electron chi connectivity index (χ0n) is 11.4. The topological polar surface area (TPSA) is 16.1 Å². The van der Waals surface area contributed by atoms with E-state index in [-0.39, 0.29) is 0 Å². The SMILES string of the molecule is CC1CCCN(Cc2cnc(-c3ccccc3)s2)C1. The molecular formula is C16H20N2S. The van der Waals surface area contributed by atoms with Crippen molar-refractivity contribution >= 4 is 11.3 Å². The molecule has 1 atom stereocenters. The molecule has 2 aromatic rings. The maximum Gasteiger partial charge on any atom is 0.123 e. The number of thiazole rings is 1. The molecule has 2 heterocycles. The van der Waals surface area contributed by atoms with Crippen molar-refractivity contribution in [3.05, 3.63) is 41.4 Å². The van der Waals surface area contributed by atoms with Gasteiger partial charge in [0.2, 0.25) is 0 Å². The van der Waals surface area contributed by atoms with E-state index in [0.29, 0.717) is 0 Å². The minimum Gasteiger partial charge on any atom is -0.298 e. The van der Waals surface area contributed by atoms with E-state index in [9.17, 15) is 0 Å². The summed E-state index contributed by atoms with van der Waals surface area (Å²) in [5.74, 6) is 0.843. The van der Waals surface area contributed by atoms with Crippen LogP contribution in [0.1, 0.15) is 24.6 Å². The van der Waals surface area contributed by atoms with E-state index in [1.54, 1.807) is 0 Å². The highest BCUT2D eigenvalue weighted by molar-refractivity contribution is 7.15. The second-order valence-corrected chi connectivity index (χ2v) is 6.60. The normalized spacial score (nSPS) is 20.6. The Bertz CT molecular complexity index is 521. The summed E-state index contributed by atoms with van der Waals surface area (Å²) in [4.78, 5) is 8.51. The molecule has 3 heteroatoms. The third-order valence-corrected chi connectivity index (χ3v) is 4.73. The molecule has 0 spiro atoms. The minimum absolute atomic E-state index is 0.843. The average molecular weight is 272 g/mol. The lowest BCUT2D eigenvalue weighted by molar-refractivity contribution is 0.178. The van der Waals surface area contributed by atoms with Gasteiger partial charge in [-0.15, -0.1) is 11.3 Å². The highest BCUT2D eigenvalue weighted by atomic mass is 32.1. The summed E-state index contributed by atoms with van der Waals surface area (Å²) >= 11 is 1.83. The number of benzene rings is 1. The van der Waals surface area contributed by atoms with Crippen LogP contribution in [-0.4, -0.2) is 23.0 Å². The Morgan fingerprint density at radius 2 is 2.16 bits per heavy atom. The van der Waals surface area contributed by atoms with E-state index in [1.165, 1.54) is 36.4 Å². The van der Waals surface area contributed by atoms with Gasteiger partial charge in [-0.3, -0.25) is 4.90 Å². The Morgan fingerprint density at radius 1 is 1.32 bits per heavy atom. The first-order valence-electron chi connectivity index (χ1n) is 7.04. The largest absolute Gasteiger partial charge is 0.298 e. The number of nitrogens with zero attached hydrogens (tertiary/aromatic N) is 2. The molecule has 100 valence electrons. The Labute approximate surface area is 119 Å². The minimum atomic E-state index is 0.843. The first-order chi connectivity index (χ1) is 9.31. The van der Waals surface area contributed by atoms with E-state index in [0.717, 1.165) is 17.5 Å². The van der Waals surface area contributed by atoms with E-state index < -0.39 is 0 Å². The smallest absolute Gasteiger partial charge is 0.123 e. The fourth-order valence-corrected chi connectivity index (χ4v) is 3.71. The Kier molecular flexibility index (Phi) is 3.95. The van der Waals surface area contributed by atoms with Crippen molar-refractivity contribution in [3.8, 4) is 10.6 Å². The fraction of sp³-hybridized carbons (Fsp3) is 0.438. The van der Waals surface area contributed by atoms with Crippen molar-refractivity contribution in [2.75, 3.05) is 13.1 Å². The molecule has 0 N–H and O–H groups in total. The highest BCUT2D eigenvalue weighted by Gasteiger charge is 2.17. The van der Waals surface area contributed by atoms with Crippen LogP contribution in [-0.2, 0) is 6.54 Å². The van der Waals surface area contributed by atoms with Crippen LogP contribution in [0.25, 0.3) is 10.6 Å². The van der Waals surface area contributed by atoms with Gasteiger partial charge in [0.05, 0.1) is 0 Å². The Morgan fingerprint density at radius 3 is 2.95 bits per heavy atom. The molecule has 0 bridgehead atoms. The molecule has 3 rings (SSSR count). The van der Waals surface area contributed by atoms with Crippen molar-refractivity contribution in [2.45, 2.75) is 26.3 Å². The molecule has 1 aromatic heterocycles. The van der Waals surface area contributed by atoms with E-state index in [1.807, 2.05) is 23.6 Å². The van der Waals surface area contributed by atoms with Gasteiger partial charge in [-0.2, -0.15) is 0 Å². The second kappa shape index (κ2) is 5.85. The van der Waals surface area contributed by atoms with Crippen LogP contribution in [0, 0.1) is 5.92 Å². The van der Waals surface area contributed by atoms with Gasteiger partial charge in [0.15, 0.2) is 0 Å². The molecule has 0 radical (unpaired) electrons. The van der Waals surface area contributed by atoms with Crippen LogP contribution < -0.4 is 0 Å². The summed E-state index contributed by atoms with van der Waals surface area (Å²) < 4.78 is 0. The molecule has 0 saturated carbocycles. The van der Waals surface area contributed by atoms with Crippen molar-refractivity contribution < 1.29 is 0 Å². The fourth-order valence-electron chi connectivity index (χ4n) is 2.75. The first-order valence-corrected chi connectivity index (χ1v) is 7.85. The third kappa shape index (κ3) is 3.23. The summed E-state index contributed by atoms with van der Waals surface area (Å²) in [7, 11) is 0. The van der Waals surface area contributed by atoms with Crippen LogP contribution in [0.4, 0.5) is 0 Å². The van der Waals surface area contributed by atoms with Gasteiger partial charge in [-0.05, 0) is 25.3 Å². The van der Waals surface area contributed by atoms with Gasteiger partial charge >= 0.3 is 0 Å². The molecule has 1 aliphatic rings. The first kappa shape index (κ1) is 12.8. The molecule has 19 heavy (non-hydrogen) atoms. The molecule has 2 nitrogen and oxygen atoms in total. The van der Waals surface area contributed by atoms with Crippen molar-refractivity contribution in [3.63, 3.8) is 0 Å². The summed E-state index contributed by atoms with van der Waals surface area (Å²) in [5.41, 5.74) is 1.23. The van der Waals surface area contributed by atoms with E-state index in [2.05, 4.69) is 41.1 Å². The summed E-state index contributed by atoms with van der Waals surface area (Å²) in [6.45, 7) is 5.89. The Hall–Kier alpha value is -1.19. The van der Waals surface area contributed by atoms with Gasteiger partial charge in [0, 0.05) is 29.7 Å². The highest BCUT2D eigenvalue weighted by Crippen LogP contribution is 2.26. The lowest BCUT2D eigenvalue weighted by atomic mass is 10.0. The van der Waals surface area contributed by atoms with Gasteiger partial charge in [-0.1, -0.05) is 37.3 Å². The molecule has 1 aliphatic heterocycles. The van der Waals surface area contributed by atoms with Crippen LogP contribution >= 0.6 is 11.3 Å². The maximum absolute atomic E-state index is 4.56. The zero-order chi connectivity index (χ0) is 13.1. The van der Waals surface area contributed by atoms with Crippen LogP contribution in [0.2, 0.25) is 0 Å². The molecule has 1 saturated heterocycles. The average Bonchev–Trinajstić information content (AvgIpc) is 2.88. The standard InChI is InChI=1S/C16H20N2S/c1-13-6-5-9-18(11-13)12-15-10-17-16(19-15)14-7-3-2-4-8-14/h2-4,7-8,10,13H,5-6,9,11-12H2,1H3. The number of hydrogen-bond donors (Lipinski definition) is 0. The zero-order valence-corrected chi connectivity index (χ0v) is 12.2. The van der Waals surface area contributed by atoms with Crippen LogP contribution in [0.15, 0.2) is 36.5 Å². The summed E-state index contributed by atoms with van der Waals surface area (Å²) in [6.07, 6.45) is 4.77. The lowest BCUT2D eigenvalue weighted by Crippen LogP contribution is -2.33. The van der Waals surface area contributed by atoms with E-state index in [4.69, 9.17) is 0 Å². The van der Waals surface area contributed by atoms with E-state index >= 15 is 0 Å². The number of rotatable bonds is 3. The number of hydrogen-bond acceptors (Lipinski definition) is 3. The second-order valence-electron chi connectivity index (χ2n) is 5.48. The van der Waals surface area contributed by atoms with Crippen molar-refractivity contribution in [2.24, 2.45) is 5.92 Å². The quantitative estimate of drug-likeness (QED) is 0.838. The predicted molar refractivity (Wildman–Crippen MR) is 81.2 cm³/mol. The molecule has 1 fully saturated rings. The van der Waals surface area contributed by atoms with Crippen LogP contribution in [0.5, 0.6) is 0 Å².